The van der Waals surface area contributed by atoms with Gasteiger partial charge < -0.3 is 9.80 Å². The van der Waals surface area contributed by atoms with Gasteiger partial charge in [0.25, 0.3) is 11.6 Å². The van der Waals surface area contributed by atoms with Crippen molar-refractivity contribution in [1.82, 2.24) is 14.9 Å². The molecule has 140 valence electrons. The van der Waals surface area contributed by atoms with Crippen molar-refractivity contribution < 1.29 is 9.72 Å². The standard InChI is InChI=1S/C19H21N5O3/c1-11-7-18(21-13(3)20-11)22-9-14-8-15(10-22)23(14)19(25)16-5-4-6-17(12(16)2)24(26)27/h4-7,14-15H,8-10H2,1-3H3. The van der Waals surface area contributed by atoms with Crippen LogP contribution in [0.25, 0.3) is 0 Å². The van der Waals surface area contributed by atoms with E-state index in [1.807, 2.05) is 24.8 Å². The third kappa shape index (κ3) is 2.90. The number of hydrogen-bond donors (Lipinski definition) is 0. The Morgan fingerprint density at radius 3 is 2.52 bits per heavy atom. The average molecular weight is 367 g/mol. The Morgan fingerprint density at radius 2 is 1.89 bits per heavy atom. The lowest BCUT2D eigenvalue weighted by Gasteiger charge is -2.56. The molecule has 1 amide bonds. The molecular weight excluding hydrogens is 346 g/mol. The number of amides is 1. The van der Waals surface area contributed by atoms with Crippen LogP contribution in [-0.2, 0) is 0 Å². The molecule has 8 nitrogen and oxygen atoms in total. The lowest BCUT2D eigenvalue weighted by atomic mass is 9.86. The number of aromatic nitrogens is 2. The van der Waals surface area contributed by atoms with Crippen LogP contribution in [-0.4, -0.2) is 50.9 Å². The average Bonchev–Trinajstić information content (AvgIpc) is 2.60. The molecule has 0 N–H and O–H groups in total. The van der Waals surface area contributed by atoms with Gasteiger partial charge in [-0.25, -0.2) is 9.97 Å². The van der Waals surface area contributed by atoms with E-state index in [-0.39, 0.29) is 23.7 Å². The van der Waals surface area contributed by atoms with Crippen molar-refractivity contribution in [3.8, 4) is 0 Å². The summed E-state index contributed by atoms with van der Waals surface area (Å²) in [7, 11) is 0. The van der Waals surface area contributed by atoms with Gasteiger partial charge in [-0.1, -0.05) is 6.07 Å². The number of aryl methyl sites for hydroxylation is 2. The number of piperazine rings is 1. The number of nitro benzene ring substituents is 1. The molecule has 1 aromatic carbocycles. The Morgan fingerprint density at radius 1 is 1.19 bits per heavy atom. The van der Waals surface area contributed by atoms with E-state index in [1.165, 1.54) is 6.07 Å². The molecule has 4 heterocycles. The second kappa shape index (κ2) is 6.29. The third-order valence-corrected chi connectivity index (χ3v) is 5.44. The molecule has 2 bridgehead atoms. The van der Waals surface area contributed by atoms with Gasteiger partial charge >= 0.3 is 0 Å². The molecule has 1 aromatic heterocycles. The van der Waals surface area contributed by atoms with Gasteiger partial charge in [-0.15, -0.1) is 0 Å². The van der Waals surface area contributed by atoms with E-state index in [2.05, 4.69) is 14.9 Å². The van der Waals surface area contributed by atoms with Crippen LogP contribution in [0, 0.1) is 30.9 Å². The molecule has 0 aliphatic carbocycles. The van der Waals surface area contributed by atoms with Crippen LogP contribution in [0.2, 0.25) is 0 Å². The number of fused-ring (bicyclic) bond motifs is 2. The van der Waals surface area contributed by atoms with E-state index < -0.39 is 4.92 Å². The van der Waals surface area contributed by atoms with Crippen LogP contribution in [0.1, 0.15) is 33.9 Å². The Bertz CT molecular complexity index is 913. The molecule has 0 spiro atoms. The monoisotopic (exact) mass is 367 g/mol. The topological polar surface area (TPSA) is 92.5 Å². The van der Waals surface area contributed by atoms with Crippen molar-refractivity contribution >= 4 is 17.4 Å². The maximum Gasteiger partial charge on any atom is 0.273 e. The van der Waals surface area contributed by atoms with Crippen LogP contribution < -0.4 is 4.90 Å². The number of benzene rings is 1. The molecule has 3 aliphatic rings. The number of anilines is 1. The van der Waals surface area contributed by atoms with E-state index in [4.69, 9.17) is 0 Å². The first-order chi connectivity index (χ1) is 12.8. The highest BCUT2D eigenvalue weighted by Gasteiger charge is 2.48. The number of nitro groups is 1. The van der Waals surface area contributed by atoms with Gasteiger partial charge in [0.15, 0.2) is 0 Å². The van der Waals surface area contributed by atoms with E-state index in [0.717, 1.165) is 23.8 Å². The second-order valence-corrected chi connectivity index (χ2v) is 7.28. The summed E-state index contributed by atoms with van der Waals surface area (Å²) >= 11 is 0. The van der Waals surface area contributed by atoms with Crippen LogP contribution in [0.15, 0.2) is 24.3 Å². The Balaban J connectivity index is 1.55. The van der Waals surface area contributed by atoms with Gasteiger partial charge in [0.05, 0.1) is 17.0 Å². The van der Waals surface area contributed by atoms with Gasteiger partial charge in [0.1, 0.15) is 11.6 Å². The Labute approximate surface area is 157 Å². The van der Waals surface area contributed by atoms with Crippen molar-refractivity contribution in [2.45, 2.75) is 39.3 Å². The second-order valence-electron chi connectivity index (χ2n) is 7.28. The molecule has 8 heteroatoms. The molecule has 3 aliphatic heterocycles. The van der Waals surface area contributed by atoms with Crippen molar-refractivity contribution in [1.29, 1.82) is 0 Å². The first-order valence-corrected chi connectivity index (χ1v) is 8.99. The molecule has 5 rings (SSSR count). The van der Waals surface area contributed by atoms with Gasteiger partial charge in [-0.3, -0.25) is 14.9 Å². The van der Waals surface area contributed by atoms with Crippen LogP contribution in [0.3, 0.4) is 0 Å². The molecule has 3 fully saturated rings. The minimum absolute atomic E-state index is 0.0138. The van der Waals surface area contributed by atoms with Crippen molar-refractivity contribution in [2.75, 3.05) is 18.0 Å². The van der Waals surface area contributed by atoms with Crippen LogP contribution >= 0.6 is 0 Å². The molecular formula is C19H21N5O3. The first kappa shape index (κ1) is 17.4. The van der Waals surface area contributed by atoms with Crippen LogP contribution in [0.5, 0.6) is 0 Å². The number of rotatable bonds is 3. The van der Waals surface area contributed by atoms with Crippen molar-refractivity contribution in [3.05, 3.63) is 57.0 Å². The minimum atomic E-state index is -0.440. The highest BCUT2D eigenvalue weighted by Crippen LogP contribution is 2.36. The van der Waals surface area contributed by atoms with Gasteiger partial charge in [-0.05, 0) is 33.3 Å². The number of nitrogens with zero attached hydrogens (tertiary/aromatic N) is 5. The summed E-state index contributed by atoms with van der Waals surface area (Å²) in [6.07, 6.45) is 0.958. The minimum Gasteiger partial charge on any atom is -0.352 e. The molecule has 3 saturated heterocycles. The number of carbonyl (C=O) groups is 1. The maximum absolute atomic E-state index is 13.0. The third-order valence-electron chi connectivity index (χ3n) is 5.44. The predicted octanol–water partition coefficient (Wildman–Crippen LogP) is 2.41. The highest BCUT2D eigenvalue weighted by molar-refractivity contribution is 5.97. The molecule has 0 saturated carbocycles. The molecule has 2 unspecified atom stereocenters. The fraction of sp³-hybridized carbons (Fsp3) is 0.421. The summed E-state index contributed by atoms with van der Waals surface area (Å²) in [5, 5.41) is 11.2. The van der Waals surface area contributed by atoms with Gasteiger partial charge in [0.2, 0.25) is 0 Å². The highest BCUT2D eigenvalue weighted by atomic mass is 16.6. The maximum atomic E-state index is 13.0. The summed E-state index contributed by atoms with van der Waals surface area (Å²) in [5.41, 5.74) is 1.76. The first-order valence-electron chi connectivity index (χ1n) is 8.99. The Hall–Kier alpha value is -3.03. The smallest absolute Gasteiger partial charge is 0.273 e. The summed E-state index contributed by atoms with van der Waals surface area (Å²) < 4.78 is 0. The van der Waals surface area contributed by atoms with Gasteiger partial charge in [-0.2, -0.15) is 0 Å². The van der Waals surface area contributed by atoms with E-state index in [0.29, 0.717) is 24.2 Å². The zero-order chi connectivity index (χ0) is 19.3. The predicted molar refractivity (Wildman–Crippen MR) is 99.9 cm³/mol. The van der Waals surface area contributed by atoms with Crippen LogP contribution in [0.4, 0.5) is 11.5 Å². The summed E-state index contributed by atoms with van der Waals surface area (Å²) in [5.74, 6) is 1.52. The quantitative estimate of drug-likeness (QED) is 0.611. The number of piperidine rings is 1. The normalized spacial score (nSPS) is 21.0. The fourth-order valence-corrected chi connectivity index (χ4v) is 4.18. The lowest BCUT2D eigenvalue weighted by Crippen LogP contribution is -2.70. The number of hydrogen-bond acceptors (Lipinski definition) is 6. The largest absolute Gasteiger partial charge is 0.352 e. The molecule has 2 atom stereocenters. The number of carbonyl (C=O) groups excluding carboxylic acids is 1. The molecule has 2 aromatic rings. The van der Waals surface area contributed by atoms with E-state index in [1.54, 1.807) is 19.1 Å². The fourth-order valence-electron chi connectivity index (χ4n) is 4.18. The van der Waals surface area contributed by atoms with E-state index in [9.17, 15) is 14.9 Å². The molecule has 27 heavy (non-hydrogen) atoms. The zero-order valence-corrected chi connectivity index (χ0v) is 15.5. The summed E-state index contributed by atoms with van der Waals surface area (Å²) in [6, 6.07) is 6.86. The van der Waals surface area contributed by atoms with Crippen molar-refractivity contribution in [3.63, 3.8) is 0 Å². The zero-order valence-electron chi connectivity index (χ0n) is 15.5. The van der Waals surface area contributed by atoms with Gasteiger partial charge in [0, 0.05) is 42.0 Å². The SMILES string of the molecule is Cc1cc(N2CC3CC(C2)N3C(=O)c2cccc([N+](=O)[O-])c2C)nc(C)n1. The molecule has 0 radical (unpaired) electrons. The van der Waals surface area contributed by atoms with E-state index >= 15 is 0 Å². The lowest BCUT2D eigenvalue weighted by molar-refractivity contribution is -0.385. The Kier molecular flexibility index (Phi) is 4.05. The summed E-state index contributed by atoms with van der Waals surface area (Å²) in [6.45, 7) is 6.89. The summed E-state index contributed by atoms with van der Waals surface area (Å²) in [4.78, 5) is 36.7. The van der Waals surface area contributed by atoms with Crippen molar-refractivity contribution in [2.24, 2.45) is 0 Å².